The molecule has 0 spiro atoms. The summed E-state index contributed by atoms with van der Waals surface area (Å²) in [5.41, 5.74) is 2.53. The molecule has 0 aliphatic carbocycles. The molecule has 0 atom stereocenters. The van der Waals surface area contributed by atoms with Gasteiger partial charge in [-0.2, -0.15) is 0 Å². The number of pyridine rings is 2. The first-order valence-electron chi connectivity index (χ1n) is 11.4. The van der Waals surface area contributed by atoms with E-state index in [9.17, 15) is 0 Å². The normalized spacial score (nSPS) is 10.9. The molecule has 0 radical (unpaired) electrons. The molecule has 0 aliphatic rings. The highest BCUT2D eigenvalue weighted by Crippen LogP contribution is 2.11. The molecule has 2 rings (SSSR count). The Morgan fingerprint density at radius 3 is 1.03 bits per heavy atom. The lowest BCUT2D eigenvalue weighted by Gasteiger charge is -2.10. The van der Waals surface area contributed by atoms with Crippen LogP contribution in [-0.4, -0.2) is 28.2 Å². The smallest absolute Gasteiger partial charge is 0.170 e. The van der Waals surface area contributed by atoms with Crippen LogP contribution in [0.1, 0.15) is 57.8 Å². The van der Waals surface area contributed by atoms with Gasteiger partial charge in [0, 0.05) is 76.7 Å². The average Bonchev–Trinajstić information content (AvgIpc) is 2.72. The Kier molecular flexibility index (Phi) is 10.5. The highest BCUT2D eigenvalue weighted by atomic mass is 15.1. The second-order valence-corrected chi connectivity index (χ2v) is 8.56. The number of aryl methyl sites for hydroxylation is 2. The molecular weight excluding hydrogens is 356 g/mol. The molecule has 2 aromatic rings. The SMILES string of the molecule is CN(C)c1cc[n+](CCCCCCCCCCC[n+]2ccc(N(C)C)cc2)cc1. The Morgan fingerprint density at radius 1 is 0.483 bits per heavy atom. The Hall–Kier alpha value is -2.10. The van der Waals surface area contributed by atoms with E-state index in [1.807, 2.05) is 0 Å². The van der Waals surface area contributed by atoms with E-state index in [0.29, 0.717) is 0 Å². The maximum atomic E-state index is 2.30. The third-order valence-corrected chi connectivity index (χ3v) is 5.61. The molecule has 0 saturated heterocycles. The fourth-order valence-electron chi connectivity index (χ4n) is 3.62. The van der Waals surface area contributed by atoms with Crippen molar-refractivity contribution >= 4 is 11.4 Å². The zero-order valence-electron chi connectivity index (χ0n) is 19.2. The molecule has 4 heteroatoms. The second-order valence-electron chi connectivity index (χ2n) is 8.56. The number of hydrogen-bond donors (Lipinski definition) is 0. The molecule has 29 heavy (non-hydrogen) atoms. The van der Waals surface area contributed by atoms with Crippen LogP contribution in [-0.2, 0) is 13.1 Å². The monoisotopic (exact) mass is 398 g/mol. The quantitative estimate of drug-likeness (QED) is 0.341. The lowest BCUT2D eigenvalue weighted by atomic mass is 10.1. The number of nitrogens with zero attached hydrogens (tertiary/aromatic N) is 4. The van der Waals surface area contributed by atoms with Crippen molar-refractivity contribution in [3.63, 3.8) is 0 Å². The Labute approximate surface area is 178 Å². The van der Waals surface area contributed by atoms with Crippen LogP contribution < -0.4 is 18.9 Å². The molecule has 0 saturated carbocycles. The molecule has 0 aliphatic heterocycles. The topological polar surface area (TPSA) is 14.2 Å². The van der Waals surface area contributed by atoms with Crippen LogP contribution in [0.4, 0.5) is 11.4 Å². The predicted molar refractivity (Wildman–Crippen MR) is 123 cm³/mol. The number of unbranched alkanes of at least 4 members (excludes halogenated alkanes) is 8. The number of anilines is 2. The van der Waals surface area contributed by atoms with Crippen molar-refractivity contribution in [1.82, 2.24) is 0 Å². The summed E-state index contributed by atoms with van der Waals surface area (Å²) in [7, 11) is 8.34. The molecular formula is C25H42N4+2. The Balaban J connectivity index is 1.41. The lowest BCUT2D eigenvalue weighted by molar-refractivity contribution is -0.697. The van der Waals surface area contributed by atoms with Gasteiger partial charge in [-0.1, -0.05) is 32.1 Å². The van der Waals surface area contributed by atoms with Crippen molar-refractivity contribution in [2.45, 2.75) is 70.9 Å². The molecule has 0 fully saturated rings. The minimum absolute atomic E-state index is 1.14. The summed E-state index contributed by atoms with van der Waals surface area (Å²) in [5, 5.41) is 0. The van der Waals surface area contributed by atoms with Crippen molar-refractivity contribution in [2.24, 2.45) is 0 Å². The highest BCUT2D eigenvalue weighted by molar-refractivity contribution is 5.41. The third kappa shape index (κ3) is 9.29. The second kappa shape index (κ2) is 13.2. The first kappa shape index (κ1) is 23.2. The van der Waals surface area contributed by atoms with Gasteiger partial charge in [-0.3, -0.25) is 0 Å². The van der Waals surface area contributed by atoms with Crippen LogP contribution in [0.5, 0.6) is 0 Å². The molecule has 2 heterocycles. The lowest BCUT2D eigenvalue weighted by Crippen LogP contribution is -2.32. The summed E-state index contributed by atoms with van der Waals surface area (Å²) in [4.78, 5) is 4.29. The van der Waals surface area contributed by atoms with E-state index < -0.39 is 0 Å². The molecule has 2 aromatic heterocycles. The van der Waals surface area contributed by atoms with E-state index in [2.05, 4.69) is 96.2 Å². The van der Waals surface area contributed by atoms with Crippen LogP contribution in [0.3, 0.4) is 0 Å². The van der Waals surface area contributed by atoms with E-state index >= 15 is 0 Å². The molecule has 0 amide bonds. The van der Waals surface area contributed by atoms with E-state index in [1.54, 1.807) is 0 Å². The summed E-state index contributed by atoms with van der Waals surface area (Å²) < 4.78 is 4.61. The zero-order valence-corrected chi connectivity index (χ0v) is 19.2. The van der Waals surface area contributed by atoms with E-state index in [1.165, 1.54) is 69.2 Å². The predicted octanol–water partition coefficient (Wildman–Crippen LogP) is 4.60. The molecule has 0 aromatic carbocycles. The maximum absolute atomic E-state index is 2.30. The van der Waals surface area contributed by atoms with Gasteiger partial charge >= 0.3 is 0 Å². The number of hydrogen-bond acceptors (Lipinski definition) is 2. The van der Waals surface area contributed by atoms with Gasteiger partial charge in [0.25, 0.3) is 0 Å². The molecule has 160 valence electrons. The van der Waals surface area contributed by atoms with Gasteiger partial charge in [-0.15, -0.1) is 0 Å². The molecule has 4 nitrogen and oxygen atoms in total. The fourth-order valence-corrected chi connectivity index (χ4v) is 3.62. The van der Waals surface area contributed by atoms with Crippen LogP contribution in [0.25, 0.3) is 0 Å². The standard InChI is InChI=1S/C25H42N4/c1-26(2)24-14-20-28(21-15-24)18-12-10-8-6-5-7-9-11-13-19-29-22-16-25(17-23-29)27(3)4/h14-17,20-23H,5-13,18-19H2,1-4H3/q+2. The minimum Gasteiger partial charge on any atom is -0.377 e. The van der Waals surface area contributed by atoms with E-state index in [-0.39, 0.29) is 0 Å². The van der Waals surface area contributed by atoms with Crippen LogP contribution in [0.15, 0.2) is 49.1 Å². The first-order chi connectivity index (χ1) is 14.1. The molecule has 0 N–H and O–H groups in total. The summed E-state index contributed by atoms with van der Waals surface area (Å²) in [6.07, 6.45) is 21.0. The number of aromatic nitrogens is 2. The van der Waals surface area contributed by atoms with E-state index in [4.69, 9.17) is 0 Å². The maximum Gasteiger partial charge on any atom is 0.170 e. The summed E-state index contributed by atoms with van der Waals surface area (Å²) >= 11 is 0. The first-order valence-corrected chi connectivity index (χ1v) is 11.4. The van der Waals surface area contributed by atoms with Crippen molar-refractivity contribution in [3.8, 4) is 0 Å². The van der Waals surface area contributed by atoms with Crippen molar-refractivity contribution < 1.29 is 9.13 Å². The zero-order chi connectivity index (χ0) is 20.9. The average molecular weight is 399 g/mol. The third-order valence-electron chi connectivity index (χ3n) is 5.61. The van der Waals surface area contributed by atoms with Crippen LogP contribution in [0, 0.1) is 0 Å². The van der Waals surface area contributed by atoms with Crippen molar-refractivity contribution in [2.75, 3.05) is 38.0 Å². The molecule has 0 unspecified atom stereocenters. The van der Waals surface area contributed by atoms with Gasteiger partial charge in [0.15, 0.2) is 24.8 Å². The summed E-state index contributed by atoms with van der Waals surface area (Å²) in [5.74, 6) is 0. The van der Waals surface area contributed by atoms with Crippen LogP contribution >= 0.6 is 0 Å². The van der Waals surface area contributed by atoms with Gasteiger partial charge in [0.2, 0.25) is 0 Å². The minimum atomic E-state index is 1.14. The summed E-state index contributed by atoms with van der Waals surface area (Å²) in [6.45, 7) is 2.28. The van der Waals surface area contributed by atoms with Gasteiger partial charge in [0.1, 0.15) is 13.1 Å². The summed E-state index contributed by atoms with van der Waals surface area (Å²) in [6, 6.07) is 8.77. The van der Waals surface area contributed by atoms with Gasteiger partial charge in [-0.25, -0.2) is 9.13 Å². The molecule has 0 bridgehead atoms. The number of rotatable bonds is 14. The van der Waals surface area contributed by atoms with Crippen molar-refractivity contribution in [3.05, 3.63) is 49.1 Å². The van der Waals surface area contributed by atoms with Crippen molar-refractivity contribution in [1.29, 1.82) is 0 Å². The van der Waals surface area contributed by atoms with Gasteiger partial charge < -0.3 is 9.80 Å². The highest BCUT2D eigenvalue weighted by Gasteiger charge is 2.03. The fraction of sp³-hybridized carbons (Fsp3) is 0.600. The Morgan fingerprint density at radius 2 is 0.759 bits per heavy atom. The van der Waals surface area contributed by atoms with Crippen LogP contribution in [0.2, 0.25) is 0 Å². The Bertz CT molecular complexity index is 603. The van der Waals surface area contributed by atoms with Gasteiger partial charge in [0.05, 0.1) is 0 Å². The van der Waals surface area contributed by atoms with Gasteiger partial charge in [-0.05, 0) is 12.8 Å². The largest absolute Gasteiger partial charge is 0.377 e. The van der Waals surface area contributed by atoms with E-state index in [0.717, 1.165) is 13.1 Å².